The van der Waals surface area contributed by atoms with Crippen LogP contribution in [0.3, 0.4) is 0 Å². The van der Waals surface area contributed by atoms with E-state index in [9.17, 15) is 0 Å². The zero-order chi connectivity index (χ0) is 11.5. The van der Waals surface area contributed by atoms with Crippen molar-refractivity contribution in [2.24, 2.45) is 0 Å². The Bertz CT molecular complexity index is 473. The molecular weight excluding hydrogens is 210 g/mol. The summed E-state index contributed by atoms with van der Waals surface area (Å²) in [7, 11) is 0. The summed E-state index contributed by atoms with van der Waals surface area (Å²) < 4.78 is 0. The van der Waals surface area contributed by atoms with Crippen LogP contribution in [-0.4, -0.2) is 23.1 Å². The molecule has 0 spiro atoms. The van der Waals surface area contributed by atoms with Gasteiger partial charge in [0.15, 0.2) is 5.82 Å². The number of anilines is 1. The third-order valence-electron chi connectivity index (χ3n) is 3.16. The maximum Gasteiger partial charge on any atom is 0.159 e. The second kappa shape index (κ2) is 4.53. The van der Waals surface area contributed by atoms with Gasteiger partial charge in [-0.05, 0) is 43.2 Å². The van der Waals surface area contributed by atoms with Gasteiger partial charge in [-0.15, -0.1) is 0 Å². The summed E-state index contributed by atoms with van der Waals surface area (Å²) in [6.07, 6.45) is 6.17. The van der Waals surface area contributed by atoms with E-state index in [1.54, 1.807) is 12.4 Å². The van der Waals surface area contributed by atoms with E-state index >= 15 is 0 Å². The van der Waals surface area contributed by atoms with Gasteiger partial charge in [-0.3, -0.25) is 0 Å². The first kappa shape index (κ1) is 10.3. The molecule has 86 valence electrons. The van der Waals surface area contributed by atoms with Crippen molar-refractivity contribution in [2.75, 3.05) is 18.0 Å². The van der Waals surface area contributed by atoms with Gasteiger partial charge >= 0.3 is 0 Å². The second-order valence-corrected chi connectivity index (χ2v) is 4.31. The van der Waals surface area contributed by atoms with E-state index in [2.05, 4.69) is 39.1 Å². The smallest absolute Gasteiger partial charge is 0.159 e. The Balaban J connectivity index is 1.85. The Morgan fingerprint density at radius 3 is 2.18 bits per heavy atom. The molecule has 0 bridgehead atoms. The molecule has 0 saturated carbocycles. The lowest BCUT2D eigenvalue weighted by molar-refractivity contribution is 0.949. The van der Waals surface area contributed by atoms with Crippen molar-refractivity contribution < 1.29 is 0 Å². The lowest BCUT2D eigenvalue weighted by Crippen LogP contribution is -2.17. The highest BCUT2D eigenvalue weighted by molar-refractivity contribution is 5.60. The summed E-state index contributed by atoms with van der Waals surface area (Å²) in [4.78, 5) is 10.9. The maximum atomic E-state index is 4.25. The van der Waals surface area contributed by atoms with Gasteiger partial charge in [-0.1, -0.05) is 0 Å². The number of aromatic nitrogens is 2. The predicted octanol–water partition coefficient (Wildman–Crippen LogP) is 2.74. The van der Waals surface area contributed by atoms with Crippen LogP contribution in [-0.2, 0) is 0 Å². The van der Waals surface area contributed by atoms with E-state index < -0.39 is 0 Å². The SMILES string of the molecule is c1cnc(-c2ccc(N3CCCC3)cc2)nc1. The number of hydrogen-bond donors (Lipinski definition) is 0. The van der Waals surface area contributed by atoms with Crippen molar-refractivity contribution in [3.05, 3.63) is 42.7 Å². The van der Waals surface area contributed by atoms with Crippen molar-refractivity contribution in [1.82, 2.24) is 9.97 Å². The van der Waals surface area contributed by atoms with Crippen molar-refractivity contribution in [3.63, 3.8) is 0 Å². The quantitative estimate of drug-likeness (QED) is 0.787. The van der Waals surface area contributed by atoms with E-state index in [1.807, 2.05) is 6.07 Å². The molecule has 3 rings (SSSR count). The number of benzene rings is 1. The molecule has 1 saturated heterocycles. The summed E-state index contributed by atoms with van der Waals surface area (Å²) in [5.74, 6) is 0.792. The first-order valence-electron chi connectivity index (χ1n) is 6.06. The summed E-state index contributed by atoms with van der Waals surface area (Å²) in [6, 6.07) is 10.4. The minimum Gasteiger partial charge on any atom is -0.372 e. The molecule has 3 nitrogen and oxygen atoms in total. The molecule has 1 fully saturated rings. The van der Waals surface area contributed by atoms with Gasteiger partial charge in [0.05, 0.1) is 0 Å². The highest BCUT2D eigenvalue weighted by atomic mass is 15.1. The average Bonchev–Trinajstić information content (AvgIpc) is 2.94. The molecule has 0 radical (unpaired) electrons. The monoisotopic (exact) mass is 225 g/mol. The average molecular weight is 225 g/mol. The number of hydrogen-bond acceptors (Lipinski definition) is 3. The number of rotatable bonds is 2. The molecule has 1 aromatic heterocycles. The van der Waals surface area contributed by atoms with Crippen LogP contribution in [0.25, 0.3) is 11.4 Å². The third-order valence-corrected chi connectivity index (χ3v) is 3.16. The van der Waals surface area contributed by atoms with Crippen LogP contribution in [0.4, 0.5) is 5.69 Å². The molecule has 17 heavy (non-hydrogen) atoms. The Hall–Kier alpha value is -1.90. The van der Waals surface area contributed by atoms with Crippen molar-refractivity contribution in [2.45, 2.75) is 12.8 Å². The standard InChI is InChI=1S/C14H15N3/c1-2-11-17(10-1)13-6-4-12(5-7-13)14-15-8-3-9-16-14/h3-9H,1-2,10-11H2. The highest BCUT2D eigenvalue weighted by Crippen LogP contribution is 2.23. The van der Waals surface area contributed by atoms with Crippen LogP contribution in [0.1, 0.15) is 12.8 Å². The maximum absolute atomic E-state index is 4.25. The number of nitrogens with zero attached hydrogens (tertiary/aromatic N) is 3. The lowest BCUT2D eigenvalue weighted by Gasteiger charge is -2.17. The van der Waals surface area contributed by atoms with E-state index in [0.717, 1.165) is 11.4 Å². The van der Waals surface area contributed by atoms with Crippen LogP contribution in [0, 0.1) is 0 Å². The molecule has 1 aliphatic rings. The van der Waals surface area contributed by atoms with Crippen LogP contribution in [0.5, 0.6) is 0 Å². The van der Waals surface area contributed by atoms with Gasteiger partial charge in [-0.2, -0.15) is 0 Å². The van der Waals surface area contributed by atoms with E-state index in [4.69, 9.17) is 0 Å². The molecule has 0 amide bonds. The van der Waals surface area contributed by atoms with E-state index in [0.29, 0.717) is 0 Å². The largest absolute Gasteiger partial charge is 0.372 e. The van der Waals surface area contributed by atoms with Crippen LogP contribution in [0.2, 0.25) is 0 Å². The molecule has 1 aromatic carbocycles. The summed E-state index contributed by atoms with van der Waals surface area (Å²) in [5.41, 5.74) is 2.38. The van der Waals surface area contributed by atoms with Crippen LogP contribution in [0.15, 0.2) is 42.7 Å². The lowest BCUT2D eigenvalue weighted by atomic mass is 10.2. The Morgan fingerprint density at radius 1 is 0.882 bits per heavy atom. The fourth-order valence-electron chi connectivity index (χ4n) is 2.24. The first-order chi connectivity index (χ1) is 8.43. The second-order valence-electron chi connectivity index (χ2n) is 4.31. The normalized spacial score (nSPS) is 15.2. The molecule has 0 aliphatic carbocycles. The predicted molar refractivity (Wildman–Crippen MR) is 68.9 cm³/mol. The Morgan fingerprint density at radius 2 is 1.53 bits per heavy atom. The summed E-state index contributed by atoms with van der Waals surface area (Å²) in [6.45, 7) is 2.36. The molecular formula is C14H15N3. The fraction of sp³-hybridized carbons (Fsp3) is 0.286. The minimum absolute atomic E-state index is 0.792. The molecule has 2 heterocycles. The Labute approximate surface area is 101 Å². The topological polar surface area (TPSA) is 29.0 Å². The molecule has 0 atom stereocenters. The van der Waals surface area contributed by atoms with E-state index in [-0.39, 0.29) is 0 Å². The van der Waals surface area contributed by atoms with Gasteiger partial charge in [0.1, 0.15) is 0 Å². The Kier molecular flexibility index (Phi) is 2.74. The van der Waals surface area contributed by atoms with Crippen LogP contribution >= 0.6 is 0 Å². The zero-order valence-corrected chi connectivity index (χ0v) is 9.71. The van der Waals surface area contributed by atoms with Gasteiger partial charge in [-0.25, -0.2) is 9.97 Å². The zero-order valence-electron chi connectivity index (χ0n) is 9.71. The van der Waals surface area contributed by atoms with Crippen molar-refractivity contribution in [3.8, 4) is 11.4 Å². The third kappa shape index (κ3) is 2.13. The van der Waals surface area contributed by atoms with Crippen LogP contribution < -0.4 is 4.90 Å². The van der Waals surface area contributed by atoms with Crippen molar-refractivity contribution >= 4 is 5.69 Å². The molecule has 1 aliphatic heterocycles. The molecule has 2 aromatic rings. The summed E-state index contributed by atoms with van der Waals surface area (Å²) in [5, 5.41) is 0. The van der Waals surface area contributed by atoms with Gasteiger partial charge < -0.3 is 4.90 Å². The van der Waals surface area contributed by atoms with Crippen molar-refractivity contribution in [1.29, 1.82) is 0 Å². The minimum atomic E-state index is 0.792. The van der Waals surface area contributed by atoms with E-state index in [1.165, 1.54) is 31.6 Å². The summed E-state index contributed by atoms with van der Waals surface area (Å²) >= 11 is 0. The fourth-order valence-corrected chi connectivity index (χ4v) is 2.24. The molecule has 3 heteroatoms. The molecule has 0 N–H and O–H groups in total. The first-order valence-corrected chi connectivity index (χ1v) is 6.06. The van der Waals surface area contributed by atoms with Gasteiger partial charge in [0, 0.05) is 36.7 Å². The van der Waals surface area contributed by atoms with Gasteiger partial charge in [0.2, 0.25) is 0 Å². The van der Waals surface area contributed by atoms with Gasteiger partial charge in [0.25, 0.3) is 0 Å². The molecule has 0 unspecified atom stereocenters. The highest BCUT2D eigenvalue weighted by Gasteiger charge is 2.12.